The summed E-state index contributed by atoms with van der Waals surface area (Å²) in [5.41, 5.74) is 3.79. The molecule has 1 aliphatic rings. The lowest BCUT2D eigenvalue weighted by Gasteiger charge is -2.12. The van der Waals surface area contributed by atoms with Crippen LogP contribution in [-0.2, 0) is 17.8 Å². The number of ether oxygens (including phenoxy) is 1. The van der Waals surface area contributed by atoms with Gasteiger partial charge in [-0.3, -0.25) is 14.9 Å². The Labute approximate surface area is 215 Å². The molecule has 4 rings (SSSR count). The molecule has 0 radical (unpaired) electrons. The third-order valence-electron chi connectivity index (χ3n) is 5.19. The zero-order valence-corrected chi connectivity index (χ0v) is 21.3. The molecule has 0 spiro atoms. The van der Waals surface area contributed by atoms with Crippen molar-refractivity contribution in [1.29, 1.82) is 0 Å². The Morgan fingerprint density at radius 1 is 1.12 bits per heavy atom. The number of carbonyl (C=O) groups is 1. The first-order valence-corrected chi connectivity index (χ1v) is 12.6. The Kier molecular flexibility index (Phi) is 7.73. The number of nitro benzene ring substituents is 1. The normalized spacial score (nSPS) is 16.4. The number of rotatable bonds is 8. The van der Waals surface area contributed by atoms with E-state index in [9.17, 15) is 14.9 Å². The smallest absolute Gasteiger partial charge is 0.269 e. The standard InChI is InChI=1S/C25H22IN3O4S/c1-2-16-3-8-19(9-4-16)27-25-28-24(30)23(34-25)14-18-7-12-22(21(26)13-18)33-15-17-5-10-20(11-6-17)29(31)32/h3-14,25,27H,2,15H2,1H3,(H,28,30)/b23-14-/t25-/m0/s1. The van der Waals surface area contributed by atoms with Gasteiger partial charge in [0.2, 0.25) is 0 Å². The van der Waals surface area contributed by atoms with E-state index in [-0.39, 0.29) is 17.1 Å². The molecule has 0 bridgehead atoms. The minimum Gasteiger partial charge on any atom is -0.488 e. The van der Waals surface area contributed by atoms with Crippen LogP contribution in [0.2, 0.25) is 0 Å². The van der Waals surface area contributed by atoms with Gasteiger partial charge in [-0.1, -0.05) is 36.9 Å². The third-order valence-corrected chi connectivity index (χ3v) is 7.06. The molecule has 1 fully saturated rings. The summed E-state index contributed by atoms with van der Waals surface area (Å²) >= 11 is 3.64. The van der Waals surface area contributed by atoms with Crippen molar-refractivity contribution < 1.29 is 14.5 Å². The highest BCUT2D eigenvalue weighted by Gasteiger charge is 2.27. The van der Waals surface area contributed by atoms with Crippen molar-refractivity contribution in [2.75, 3.05) is 5.32 Å². The van der Waals surface area contributed by atoms with Gasteiger partial charge >= 0.3 is 0 Å². The molecule has 1 saturated heterocycles. The van der Waals surface area contributed by atoms with Crippen molar-refractivity contribution in [3.8, 4) is 5.75 Å². The second-order valence-corrected chi connectivity index (χ2v) is 9.89. The SMILES string of the molecule is CCc1ccc(N[C@H]2NC(=O)/C(=C/c3ccc(OCc4ccc([N+](=O)[O-])cc4)c(I)c3)S2)cc1. The molecule has 174 valence electrons. The number of anilines is 1. The van der Waals surface area contributed by atoms with Crippen LogP contribution in [0.25, 0.3) is 6.08 Å². The molecule has 1 heterocycles. The predicted octanol–water partition coefficient (Wildman–Crippen LogP) is 5.94. The molecule has 3 aromatic rings. The lowest BCUT2D eigenvalue weighted by atomic mass is 10.1. The molecular weight excluding hydrogens is 565 g/mol. The molecule has 1 aliphatic heterocycles. The van der Waals surface area contributed by atoms with E-state index in [1.807, 2.05) is 36.4 Å². The number of thioether (sulfide) groups is 1. The second-order valence-electron chi connectivity index (χ2n) is 7.58. The maximum Gasteiger partial charge on any atom is 0.269 e. The fourth-order valence-corrected chi connectivity index (χ4v) is 4.98. The molecule has 34 heavy (non-hydrogen) atoms. The van der Waals surface area contributed by atoms with Crippen molar-refractivity contribution in [2.45, 2.75) is 25.4 Å². The molecule has 2 N–H and O–H groups in total. The van der Waals surface area contributed by atoms with Crippen LogP contribution >= 0.6 is 34.4 Å². The van der Waals surface area contributed by atoms with Crippen molar-refractivity contribution in [3.05, 3.63) is 102 Å². The van der Waals surface area contributed by atoms with Gasteiger partial charge in [0.25, 0.3) is 11.6 Å². The van der Waals surface area contributed by atoms with Gasteiger partial charge in [-0.05, 0) is 88.2 Å². The van der Waals surface area contributed by atoms with Gasteiger partial charge in [0, 0.05) is 17.8 Å². The lowest BCUT2D eigenvalue weighted by molar-refractivity contribution is -0.384. The average molecular weight is 587 g/mol. The van der Waals surface area contributed by atoms with E-state index in [1.165, 1.54) is 29.5 Å². The quantitative estimate of drug-likeness (QED) is 0.147. The van der Waals surface area contributed by atoms with Crippen molar-refractivity contribution in [2.24, 2.45) is 0 Å². The number of hydrogen-bond acceptors (Lipinski definition) is 6. The minimum absolute atomic E-state index is 0.0522. The first-order chi connectivity index (χ1) is 16.4. The minimum atomic E-state index is -0.425. The fourth-order valence-electron chi connectivity index (χ4n) is 3.30. The number of aryl methyl sites for hydroxylation is 1. The molecule has 7 nitrogen and oxygen atoms in total. The van der Waals surface area contributed by atoms with Crippen LogP contribution in [-0.4, -0.2) is 16.3 Å². The van der Waals surface area contributed by atoms with E-state index in [4.69, 9.17) is 4.74 Å². The van der Waals surface area contributed by atoms with Crippen LogP contribution in [0.15, 0.2) is 71.6 Å². The molecule has 1 amide bonds. The van der Waals surface area contributed by atoms with Crippen LogP contribution < -0.4 is 15.4 Å². The second kappa shape index (κ2) is 10.9. The monoisotopic (exact) mass is 587 g/mol. The van der Waals surface area contributed by atoms with Crippen LogP contribution in [0.5, 0.6) is 5.75 Å². The number of benzene rings is 3. The first kappa shape index (κ1) is 24.1. The summed E-state index contributed by atoms with van der Waals surface area (Å²) in [4.78, 5) is 23.4. The Balaban J connectivity index is 1.37. The summed E-state index contributed by atoms with van der Waals surface area (Å²) in [6.07, 6.45) is 2.85. The molecule has 1 atom stereocenters. The number of non-ortho nitro benzene ring substituents is 1. The number of nitrogens with one attached hydrogen (secondary N) is 2. The maximum absolute atomic E-state index is 12.4. The zero-order valence-electron chi connectivity index (χ0n) is 18.3. The summed E-state index contributed by atoms with van der Waals surface area (Å²) in [6, 6.07) is 20.2. The molecule has 0 saturated carbocycles. The highest BCUT2D eigenvalue weighted by molar-refractivity contribution is 14.1. The summed E-state index contributed by atoms with van der Waals surface area (Å²) in [7, 11) is 0. The van der Waals surface area contributed by atoms with Gasteiger partial charge in [-0.25, -0.2) is 0 Å². The molecule has 0 aromatic heterocycles. The molecule has 9 heteroatoms. The predicted molar refractivity (Wildman–Crippen MR) is 144 cm³/mol. The summed E-state index contributed by atoms with van der Waals surface area (Å²) in [6.45, 7) is 2.42. The van der Waals surface area contributed by atoms with Gasteiger partial charge in [0.1, 0.15) is 12.4 Å². The Hall–Kier alpha value is -3.05. The van der Waals surface area contributed by atoms with Crippen LogP contribution in [0.1, 0.15) is 23.6 Å². The Bertz CT molecular complexity index is 1230. The van der Waals surface area contributed by atoms with E-state index in [2.05, 4.69) is 52.3 Å². The van der Waals surface area contributed by atoms with Gasteiger partial charge in [0.15, 0.2) is 5.50 Å². The molecular formula is C25H22IN3O4S. The summed E-state index contributed by atoms with van der Waals surface area (Å²) in [5, 5.41) is 17.1. The number of halogens is 1. The van der Waals surface area contributed by atoms with Gasteiger partial charge < -0.3 is 15.4 Å². The molecule has 3 aromatic carbocycles. The summed E-state index contributed by atoms with van der Waals surface area (Å²) in [5.74, 6) is 0.598. The number of carbonyl (C=O) groups excluding carboxylic acids is 1. The number of nitrogens with zero attached hydrogens (tertiary/aromatic N) is 1. The van der Waals surface area contributed by atoms with Gasteiger partial charge in [-0.2, -0.15) is 0 Å². The van der Waals surface area contributed by atoms with Gasteiger partial charge in [0.05, 0.1) is 13.4 Å². The highest BCUT2D eigenvalue weighted by Crippen LogP contribution is 2.32. The first-order valence-electron chi connectivity index (χ1n) is 10.6. The Morgan fingerprint density at radius 2 is 1.82 bits per heavy atom. The molecule has 0 aliphatic carbocycles. The van der Waals surface area contributed by atoms with Crippen molar-refractivity contribution in [1.82, 2.24) is 5.32 Å². The zero-order chi connectivity index (χ0) is 24.1. The van der Waals surface area contributed by atoms with E-state index in [0.717, 1.165) is 26.8 Å². The fraction of sp³-hybridized carbons (Fsp3) is 0.160. The van der Waals surface area contributed by atoms with E-state index in [1.54, 1.807) is 12.1 Å². The van der Waals surface area contributed by atoms with Crippen molar-refractivity contribution >= 4 is 57.7 Å². The number of hydrogen-bond donors (Lipinski definition) is 2. The Morgan fingerprint density at radius 3 is 2.47 bits per heavy atom. The summed E-state index contributed by atoms with van der Waals surface area (Å²) < 4.78 is 6.78. The van der Waals surface area contributed by atoms with E-state index in [0.29, 0.717) is 17.3 Å². The van der Waals surface area contributed by atoms with Crippen LogP contribution in [0.4, 0.5) is 11.4 Å². The van der Waals surface area contributed by atoms with E-state index < -0.39 is 4.92 Å². The van der Waals surface area contributed by atoms with Gasteiger partial charge in [-0.15, -0.1) is 0 Å². The average Bonchev–Trinajstić information content (AvgIpc) is 3.17. The van der Waals surface area contributed by atoms with E-state index >= 15 is 0 Å². The topological polar surface area (TPSA) is 93.5 Å². The van der Waals surface area contributed by atoms with Crippen LogP contribution in [0, 0.1) is 13.7 Å². The number of amides is 1. The largest absolute Gasteiger partial charge is 0.488 e. The highest BCUT2D eigenvalue weighted by atomic mass is 127. The van der Waals surface area contributed by atoms with Crippen LogP contribution in [0.3, 0.4) is 0 Å². The molecule has 0 unspecified atom stereocenters. The third kappa shape index (κ3) is 6.09. The van der Waals surface area contributed by atoms with Crippen molar-refractivity contribution in [3.63, 3.8) is 0 Å². The maximum atomic E-state index is 12.4. The lowest BCUT2D eigenvalue weighted by Crippen LogP contribution is -2.30. The number of nitro groups is 1.